The molecule has 0 aromatic heterocycles. The minimum absolute atomic E-state index is 0.0229. The lowest BCUT2D eigenvalue weighted by Gasteiger charge is -2.46. The van der Waals surface area contributed by atoms with Crippen LogP contribution < -0.4 is 21.9 Å². The van der Waals surface area contributed by atoms with Gasteiger partial charge >= 0.3 is 37.1 Å². The van der Waals surface area contributed by atoms with E-state index in [1.54, 1.807) is 0 Å². The van der Waals surface area contributed by atoms with Gasteiger partial charge in [-0.2, -0.15) is 101 Å². The molecule has 4 aromatic carbocycles. The highest BCUT2D eigenvalue weighted by Gasteiger charge is 2.45. The van der Waals surface area contributed by atoms with Crippen LogP contribution in [0.5, 0.6) is 0 Å². The normalized spacial score (nSPS) is 13.9. The Labute approximate surface area is 275 Å². The van der Waals surface area contributed by atoms with E-state index < -0.39 is 117 Å². The molecule has 0 aliphatic heterocycles. The van der Waals surface area contributed by atoms with Crippen molar-refractivity contribution in [2.24, 2.45) is 0 Å². The van der Waals surface area contributed by atoms with Gasteiger partial charge in [0.2, 0.25) is 0 Å². The zero-order valence-electron chi connectivity index (χ0n) is 25.3. The highest BCUT2D eigenvalue weighted by molar-refractivity contribution is 7.20. The first-order valence-electron chi connectivity index (χ1n) is 14.0. The molecule has 0 fully saturated rings. The average Bonchev–Trinajstić information content (AvgIpc) is 2.94. The Hall–Kier alpha value is -4.32. The monoisotopic (exact) mass is 755 g/mol. The maximum atomic E-state index is 14.2. The van der Waals surface area contributed by atoms with Gasteiger partial charge in [-0.3, -0.25) is 0 Å². The third-order valence-electron chi connectivity index (χ3n) is 8.07. The Morgan fingerprint density at radius 2 is 0.451 bits per heavy atom. The lowest BCUT2D eigenvalue weighted by Crippen LogP contribution is -2.75. The Balaban J connectivity index is 2.51. The van der Waals surface area contributed by atoms with Crippen molar-refractivity contribution in [1.29, 1.82) is 0 Å². The van der Waals surface area contributed by atoms with Crippen LogP contribution in [0.15, 0.2) is 72.8 Å². The number of halogens is 18. The molecule has 4 aromatic rings. The van der Waals surface area contributed by atoms with Gasteiger partial charge in [0.1, 0.15) is 6.15 Å². The first-order chi connectivity index (χ1) is 22.8. The smallest absolute Gasteiger partial charge is 0.195 e. The lowest BCUT2D eigenvalue weighted by molar-refractivity contribution is -0.144. The molecule has 19 heteroatoms. The topological polar surface area (TPSA) is 0 Å². The van der Waals surface area contributed by atoms with Crippen molar-refractivity contribution in [3.63, 3.8) is 0 Å². The fourth-order valence-corrected chi connectivity index (χ4v) is 6.10. The maximum absolute atomic E-state index is 14.2. The number of aryl methyl sites for hydroxylation is 2. The molecule has 0 N–H and O–H groups in total. The van der Waals surface area contributed by atoms with Gasteiger partial charge in [0.05, 0.1) is 33.4 Å². The molecule has 0 nitrogen and oxygen atoms in total. The highest BCUT2D eigenvalue weighted by Crippen LogP contribution is 2.39. The van der Waals surface area contributed by atoms with Gasteiger partial charge in [-0.1, -0.05) is 65.7 Å². The van der Waals surface area contributed by atoms with Gasteiger partial charge in [0.15, 0.2) is 0 Å². The summed E-state index contributed by atoms with van der Waals surface area (Å²) in [4.78, 5) is 0. The van der Waals surface area contributed by atoms with Crippen LogP contribution in [-0.2, 0) is 37.1 Å². The van der Waals surface area contributed by atoms with Crippen LogP contribution >= 0.6 is 0 Å². The molecule has 0 atom stereocenters. The summed E-state index contributed by atoms with van der Waals surface area (Å²) in [6.45, 7) is 2.40. The average molecular weight is 755 g/mol. The van der Waals surface area contributed by atoms with Crippen molar-refractivity contribution in [1.82, 2.24) is 0 Å². The largest absolute Gasteiger partial charge is 0.416 e. The Morgan fingerprint density at radius 1 is 0.275 bits per heavy atom. The van der Waals surface area contributed by atoms with Gasteiger partial charge in [-0.05, 0) is 32.0 Å². The van der Waals surface area contributed by atoms with Crippen LogP contribution in [0, 0.1) is 13.8 Å². The van der Waals surface area contributed by atoms with Crippen molar-refractivity contribution in [3.05, 3.63) is 117 Å². The standard InChI is InChI=1S/C32H18BF18/c1-15-3-16(2)5-23(4-15)33(24-9-17(27(34,35)36)6-18(10-24)28(37,38)39,25-11-19(29(40,41)42)7-20(12-25)30(43,44)45)26-13-21(31(46,47)48)8-22(14-26)32(49,50)51/h3-14H,1-2H3/q-1. The number of hydrogen-bond acceptors (Lipinski definition) is 0. The van der Waals surface area contributed by atoms with Crippen molar-refractivity contribution in [2.75, 3.05) is 0 Å². The summed E-state index contributed by atoms with van der Waals surface area (Å²) in [5, 5.41) is 0. The Bertz CT molecular complexity index is 1640. The fraction of sp³-hybridized carbons (Fsp3) is 0.250. The highest BCUT2D eigenvalue weighted by atomic mass is 19.4. The second-order valence-corrected chi connectivity index (χ2v) is 11.8. The van der Waals surface area contributed by atoms with E-state index in [9.17, 15) is 79.0 Å². The molecule has 0 aliphatic carbocycles. The molecule has 276 valence electrons. The van der Waals surface area contributed by atoms with E-state index >= 15 is 0 Å². The summed E-state index contributed by atoms with van der Waals surface area (Å²) >= 11 is 0. The van der Waals surface area contributed by atoms with E-state index in [0.717, 1.165) is 12.1 Å². The first kappa shape index (κ1) is 39.5. The van der Waals surface area contributed by atoms with Gasteiger partial charge in [-0.25, -0.2) is 0 Å². The first-order valence-corrected chi connectivity index (χ1v) is 14.0. The molecule has 0 radical (unpaired) electrons. The Kier molecular flexibility index (Phi) is 9.62. The molecule has 0 bridgehead atoms. The zero-order valence-corrected chi connectivity index (χ0v) is 25.3. The number of alkyl halides is 18. The number of hydrogen-bond donors (Lipinski definition) is 0. The van der Waals surface area contributed by atoms with Crippen molar-refractivity contribution < 1.29 is 79.0 Å². The van der Waals surface area contributed by atoms with Crippen molar-refractivity contribution >= 4 is 28.0 Å². The third-order valence-corrected chi connectivity index (χ3v) is 8.07. The molecule has 0 spiro atoms. The van der Waals surface area contributed by atoms with Crippen LogP contribution in [0.3, 0.4) is 0 Å². The minimum atomic E-state index is -5.74. The molecule has 51 heavy (non-hydrogen) atoms. The third kappa shape index (κ3) is 8.11. The lowest BCUT2D eigenvalue weighted by atomic mass is 9.12. The second-order valence-electron chi connectivity index (χ2n) is 11.8. The molecule has 0 unspecified atom stereocenters. The summed E-state index contributed by atoms with van der Waals surface area (Å²) in [7, 11) is 0. The van der Waals surface area contributed by atoms with Crippen LogP contribution in [-0.4, -0.2) is 6.15 Å². The quantitative estimate of drug-likeness (QED) is 0.144. The van der Waals surface area contributed by atoms with E-state index in [0.29, 0.717) is 0 Å². The maximum Gasteiger partial charge on any atom is 0.416 e. The van der Waals surface area contributed by atoms with Crippen molar-refractivity contribution in [3.8, 4) is 0 Å². The van der Waals surface area contributed by atoms with Crippen LogP contribution in [0.1, 0.15) is 44.5 Å². The van der Waals surface area contributed by atoms with Gasteiger partial charge in [-0.15, -0.1) is 0 Å². The molecular weight excluding hydrogens is 737 g/mol. The van der Waals surface area contributed by atoms with Crippen LogP contribution in [0.2, 0.25) is 0 Å². The fourth-order valence-electron chi connectivity index (χ4n) is 6.10. The summed E-state index contributed by atoms with van der Waals surface area (Å²) < 4.78 is 255. The molecule has 4 rings (SSSR count). The van der Waals surface area contributed by atoms with Crippen molar-refractivity contribution in [2.45, 2.75) is 50.9 Å². The van der Waals surface area contributed by atoms with E-state index in [4.69, 9.17) is 0 Å². The SMILES string of the molecule is Cc1cc(C)cc([B-](c2cc(C(F)(F)F)cc(C(F)(F)F)c2)(c2cc(C(F)(F)F)cc(C(F)(F)F)c2)c2cc(C(F)(F)F)cc(C(F)(F)F)c2)c1. The molecule has 0 saturated heterocycles. The van der Waals surface area contributed by atoms with Gasteiger partial charge < -0.3 is 0 Å². The second kappa shape index (κ2) is 12.4. The minimum Gasteiger partial charge on any atom is -0.195 e. The van der Waals surface area contributed by atoms with Crippen LogP contribution in [0.25, 0.3) is 0 Å². The predicted molar refractivity (Wildman–Crippen MR) is 150 cm³/mol. The summed E-state index contributed by atoms with van der Waals surface area (Å²) in [5.74, 6) is 0. The van der Waals surface area contributed by atoms with Gasteiger partial charge in [0, 0.05) is 0 Å². The zero-order chi connectivity index (χ0) is 38.9. The number of benzene rings is 4. The van der Waals surface area contributed by atoms with Gasteiger partial charge in [0.25, 0.3) is 0 Å². The van der Waals surface area contributed by atoms with E-state index in [1.165, 1.54) is 19.9 Å². The Morgan fingerprint density at radius 3 is 0.627 bits per heavy atom. The van der Waals surface area contributed by atoms with E-state index in [1.807, 2.05) is 0 Å². The summed E-state index contributed by atoms with van der Waals surface area (Å²) in [6.07, 6.45) is -39.1. The van der Waals surface area contributed by atoms with Crippen LogP contribution in [0.4, 0.5) is 79.0 Å². The molecular formula is C32H18BF18-. The van der Waals surface area contributed by atoms with E-state index in [2.05, 4.69) is 0 Å². The summed E-state index contributed by atoms with van der Waals surface area (Å²) in [6, 6.07) is 0.512. The molecule has 0 amide bonds. The molecule has 0 heterocycles. The van der Waals surface area contributed by atoms with E-state index in [-0.39, 0.29) is 47.5 Å². The predicted octanol–water partition coefficient (Wildman–Crippen LogP) is 9.79. The molecule has 0 saturated carbocycles. The summed E-state index contributed by atoms with van der Waals surface area (Å²) in [5.41, 5.74) is -18.6. The molecule has 0 aliphatic rings. The number of rotatable bonds is 4.